The van der Waals surface area contributed by atoms with Crippen LogP contribution in [0, 0.1) is 0 Å². The topological polar surface area (TPSA) is 72.5 Å². The van der Waals surface area contributed by atoms with Crippen LogP contribution in [0.4, 0.5) is 0 Å². The molecule has 0 atom stereocenters. The second-order valence-electron chi connectivity index (χ2n) is 3.80. The van der Waals surface area contributed by atoms with Crippen molar-refractivity contribution in [3.8, 4) is 5.75 Å². The molecule has 0 unspecified atom stereocenters. The number of ether oxygens (including phenoxy) is 1. The number of nitrogens with one attached hydrogen (secondary N) is 1. The molecule has 0 aliphatic heterocycles. The van der Waals surface area contributed by atoms with Crippen molar-refractivity contribution in [2.24, 2.45) is 0 Å². The lowest BCUT2D eigenvalue weighted by Gasteiger charge is -2.08. The molecule has 19 heavy (non-hydrogen) atoms. The summed E-state index contributed by atoms with van der Waals surface area (Å²) in [6.07, 6.45) is 1.34. The molecule has 0 saturated heterocycles. The predicted octanol–water partition coefficient (Wildman–Crippen LogP) is 2.23. The van der Waals surface area contributed by atoms with Gasteiger partial charge in [0.1, 0.15) is 10.8 Å². The summed E-state index contributed by atoms with van der Waals surface area (Å²) in [6, 6.07) is 4.99. The van der Waals surface area contributed by atoms with Gasteiger partial charge in [0.25, 0.3) is 0 Å². The van der Waals surface area contributed by atoms with Gasteiger partial charge in [-0.2, -0.15) is 0 Å². The third-order valence-corrected chi connectivity index (χ3v) is 3.42. The van der Waals surface area contributed by atoms with Crippen molar-refractivity contribution in [1.29, 1.82) is 0 Å². The van der Waals surface area contributed by atoms with E-state index in [4.69, 9.17) is 27.9 Å². The molecule has 1 aromatic rings. The van der Waals surface area contributed by atoms with E-state index in [9.17, 15) is 13.2 Å². The molecule has 1 N–H and O–H groups in total. The fourth-order valence-corrected chi connectivity index (χ4v) is 2.13. The van der Waals surface area contributed by atoms with E-state index in [1.165, 1.54) is 0 Å². The van der Waals surface area contributed by atoms with Crippen LogP contribution in [0.15, 0.2) is 18.2 Å². The van der Waals surface area contributed by atoms with E-state index in [0.29, 0.717) is 22.2 Å². The first-order valence-corrected chi connectivity index (χ1v) is 8.02. The van der Waals surface area contributed by atoms with Gasteiger partial charge >= 0.3 is 0 Å². The quantitative estimate of drug-likeness (QED) is 0.814. The highest BCUT2D eigenvalue weighted by molar-refractivity contribution is 7.89. The average Bonchev–Trinajstić information content (AvgIpc) is 2.27. The summed E-state index contributed by atoms with van der Waals surface area (Å²) in [6.45, 7) is 0.233. The molecule has 0 heterocycles. The molecule has 1 aromatic carbocycles. The predicted molar refractivity (Wildman–Crippen MR) is 74.2 cm³/mol. The SMILES string of the molecule is CS(=O)(=O)NC(=O)CCCOc1cccc(Cl)c1Cl. The minimum atomic E-state index is -3.50. The third kappa shape index (κ3) is 6.13. The Labute approximate surface area is 121 Å². The van der Waals surface area contributed by atoms with Crippen LogP contribution in [0.1, 0.15) is 12.8 Å². The zero-order valence-corrected chi connectivity index (χ0v) is 12.5. The molecule has 0 fully saturated rings. The monoisotopic (exact) mass is 325 g/mol. The Hall–Kier alpha value is -0.980. The van der Waals surface area contributed by atoms with Crippen molar-refractivity contribution in [1.82, 2.24) is 4.72 Å². The molecule has 8 heteroatoms. The summed E-state index contributed by atoms with van der Waals surface area (Å²) in [7, 11) is -3.50. The van der Waals surface area contributed by atoms with Crippen LogP contribution in [0.5, 0.6) is 5.75 Å². The second kappa shape index (κ2) is 6.98. The van der Waals surface area contributed by atoms with Gasteiger partial charge in [-0.25, -0.2) is 8.42 Å². The van der Waals surface area contributed by atoms with Crippen molar-refractivity contribution in [2.75, 3.05) is 12.9 Å². The standard InChI is InChI=1S/C11H13Cl2NO4S/c1-19(16,17)14-10(15)6-3-7-18-9-5-2-4-8(12)11(9)13/h2,4-5H,3,6-7H2,1H3,(H,14,15). The van der Waals surface area contributed by atoms with Crippen LogP contribution in [0.3, 0.4) is 0 Å². The highest BCUT2D eigenvalue weighted by Gasteiger charge is 2.09. The molecule has 1 amide bonds. The first-order chi connectivity index (χ1) is 8.79. The Kier molecular flexibility index (Phi) is 5.90. The maximum atomic E-state index is 11.2. The van der Waals surface area contributed by atoms with E-state index in [1.807, 2.05) is 4.72 Å². The molecule has 0 saturated carbocycles. The minimum absolute atomic E-state index is 0.0469. The van der Waals surface area contributed by atoms with Gasteiger partial charge in [0.15, 0.2) is 0 Å². The van der Waals surface area contributed by atoms with Gasteiger partial charge in [-0.3, -0.25) is 9.52 Å². The lowest BCUT2D eigenvalue weighted by Crippen LogP contribution is -2.29. The number of benzene rings is 1. The Morgan fingerprint density at radius 1 is 1.37 bits per heavy atom. The van der Waals surface area contributed by atoms with Crippen LogP contribution in [-0.2, 0) is 14.8 Å². The third-order valence-electron chi connectivity index (χ3n) is 2.02. The maximum Gasteiger partial charge on any atom is 0.233 e. The summed E-state index contributed by atoms with van der Waals surface area (Å²) in [4.78, 5) is 11.2. The highest BCUT2D eigenvalue weighted by atomic mass is 35.5. The number of hydrogen-bond acceptors (Lipinski definition) is 4. The lowest BCUT2D eigenvalue weighted by molar-refractivity contribution is -0.119. The molecular weight excluding hydrogens is 313 g/mol. The van der Waals surface area contributed by atoms with E-state index >= 15 is 0 Å². The van der Waals surface area contributed by atoms with Crippen molar-refractivity contribution < 1.29 is 17.9 Å². The summed E-state index contributed by atoms with van der Waals surface area (Å²) in [5.74, 6) is -0.138. The zero-order chi connectivity index (χ0) is 14.5. The molecular formula is C11H13Cl2NO4S. The van der Waals surface area contributed by atoms with Crippen LogP contribution < -0.4 is 9.46 Å². The molecule has 0 radical (unpaired) electrons. The van der Waals surface area contributed by atoms with Crippen molar-refractivity contribution in [2.45, 2.75) is 12.8 Å². The van der Waals surface area contributed by atoms with Crippen LogP contribution >= 0.6 is 23.2 Å². The lowest BCUT2D eigenvalue weighted by atomic mass is 10.3. The first kappa shape index (κ1) is 16.1. The van der Waals surface area contributed by atoms with Gasteiger partial charge < -0.3 is 4.74 Å². The molecule has 0 aliphatic rings. The maximum absolute atomic E-state index is 11.2. The van der Waals surface area contributed by atoms with Crippen LogP contribution in [-0.4, -0.2) is 27.2 Å². The largest absolute Gasteiger partial charge is 0.492 e. The molecule has 5 nitrogen and oxygen atoms in total. The van der Waals surface area contributed by atoms with E-state index in [1.54, 1.807) is 18.2 Å². The fraction of sp³-hybridized carbons (Fsp3) is 0.364. The minimum Gasteiger partial charge on any atom is -0.492 e. The van der Waals surface area contributed by atoms with Gasteiger partial charge in [-0.05, 0) is 18.6 Å². The summed E-state index contributed by atoms with van der Waals surface area (Å²) in [5, 5.41) is 0.693. The summed E-state index contributed by atoms with van der Waals surface area (Å²) < 4.78 is 28.8. The Balaban J connectivity index is 2.35. The highest BCUT2D eigenvalue weighted by Crippen LogP contribution is 2.31. The Morgan fingerprint density at radius 3 is 2.68 bits per heavy atom. The van der Waals surface area contributed by atoms with E-state index in [2.05, 4.69) is 0 Å². The van der Waals surface area contributed by atoms with Crippen molar-refractivity contribution in [3.63, 3.8) is 0 Å². The Bertz CT molecular complexity index is 560. The average molecular weight is 326 g/mol. The summed E-state index contributed by atoms with van der Waals surface area (Å²) in [5.41, 5.74) is 0. The summed E-state index contributed by atoms with van der Waals surface area (Å²) >= 11 is 11.7. The molecule has 0 aliphatic carbocycles. The van der Waals surface area contributed by atoms with E-state index in [-0.39, 0.29) is 13.0 Å². The first-order valence-electron chi connectivity index (χ1n) is 5.37. The number of amides is 1. The Morgan fingerprint density at radius 2 is 2.05 bits per heavy atom. The fourth-order valence-electron chi connectivity index (χ4n) is 1.27. The van der Waals surface area contributed by atoms with E-state index < -0.39 is 15.9 Å². The zero-order valence-electron chi connectivity index (χ0n) is 10.2. The molecule has 0 aromatic heterocycles. The van der Waals surface area contributed by atoms with E-state index in [0.717, 1.165) is 6.26 Å². The van der Waals surface area contributed by atoms with Crippen molar-refractivity contribution >= 4 is 39.1 Å². The molecule has 0 spiro atoms. The number of sulfonamides is 1. The van der Waals surface area contributed by atoms with Gasteiger partial charge in [-0.1, -0.05) is 29.3 Å². The van der Waals surface area contributed by atoms with Gasteiger partial charge in [0.05, 0.1) is 17.9 Å². The number of hydrogen-bond donors (Lipinski definition) is 1. The number of halogens is 2. The van der Waals surface area contributed by atoms with Gasteiger partial charge in [0.2, 0.25) is 15.9 Å². The normalized spacial score (nSPS) is 11.1. The number of rotatable bonds is 6. The van der Waals surface area contributed by atoms with Crippen LogP contribution in [0.25, 0.3) is 0 Å². The molecule has 1 rings (SSSR count). The molecule has 106 valence electrons. The smallest absolute Gasteiger partial charge is 0.233 e. The van der Waals surface area contributed by atoms with Gasteiger partial charge in [0, 0.05) is 6.42 Å². The van der Waals surface area contributed by atoms with Gasteiger partial charge in [-0.15, -0.1) is 0 Å². The van der Waals surface area contributed by atoms with Crippen LogP contribution in [0.2, 0.25) is 10.0 Å². The number of carbonyl (C=O) groups excluding carboxylic acids is 1. The second-order valence-corrected chi connectivity index (χ2v) is 6.33. The molecule has 0 bridgehead atoms. The number of carbonyl (C=O) groups is 1. The van der Waals surface area contributed by atoms with Crippen molar-refractivity contribution in [3.05, 3.63) is 28.2 Å².